The SMILES string of the molecule is CCCCC(C)(C)C(C)(C)F. The van der Waals surface area contributed by atoms with Gasteiger partial charge in [-0.2, -0.15) is 0 Å². The molecular formula is C10H21F. The Morgan fingerprint density at radius 1 is 1.09 bits per heavy atom. The molecule has 0 radical (unpaired) electrons. The Balaban J connectivity index is 4.00. The van der Waals surface area contributed by atoms with Crippen molar-refractivity contribution in [3.63, 3.8) is 0 Å². The van der Waals surface area contributed by atoms with Gasteiger partial charge in [-0.05, 0) is 25.7 Å². The average molecular weight is 160 g/mol. The number of hydrogen-bond donors (Lipinski definition) is 0. The molecule has 0 saturated heterocycles. The second-order valence-electron chi connectivity index (χ2n) is 4.46. The molecular weight excluding hydrogens is 139 g/mol. The summed E-state index contributed by atoms with van der Waals surface area (Å²) >= 11 is 0. The van der Waals surface area contributed by atoms with E-state index in [1.807, 2.05) is 13.8 Å². The maximum atomic E-state index is 13.5. The lowest BCUT2D eigenvalue weighted by molar-refractivity contribution is 0.0435. The molecule has 0 N–H and O–H groups in total. The highest BCUT2D eigenvalue weighted by molar-refractivity contribution is 4.85. The summed E-state index contributed by atoms with van der Waals surface area (Å²) in [6, 6.07) is 0. The standard InChI is InChI=1S/C10H21F/c1-6-7-8-9(2,3)10(4,5)11/h6-8H2,1-5H3. The Bertz CT molecular complexity index is 109. The van der Waals surface area contributed by atoms with Crippen LogP contribution in [0.5, 0.6) is 0 Å². The van der Waals surface area contributed by atoms with Crippen molar-refractivity contribution in [2.75, 3.05) is 0 Å². The predicted molar refractivity (Wildman–Crippen MR) is 48.5 cm³/mol. The van der Waals surface area contributed by atoms with Gasteiger partial charge in [0.05, 0.1) is 0 Å². The lowest BCUT2D eigenvalue weighted by atomic mass is 9.75. The minimum Gasteiger partial charge on any atom is -0.244 e. The van der Waals surface area contributed by atoms with E-state index in [9.17, 15) is 4.39 Å². The summed E-state index contributed by atoms with van der Waals surface area (Å²) in [5.41, 5.74) is -1.23. The first kappa shape index (κ1) is 10.9. The topological polar surface area (TPSA) is 0 Å². The highest BCUT2D eigenvalue weighted by Crippen LogP contribution is 2.38. The Morgan fingerprint density at radius 3 is 1.82 bits per heavy atom. The van der Waals surface area contributed by atoms with Crippen LogP contribution in [0.2, 0.25) is 0 Å². The Morgan fingerprint density at radius 2 is 1.55 bits per heavy atom. The van der Waals surface area contributed by atoms with Gasteiger partial charge in [0, 0.05) is 0 Å². The molecule has 0 saturated carbocycles. The van der Waals surface area contributed by atoms with E-state index in [1.165, 1.54) is 0 Å². The molecule has 0 fully saturated rings. The van der Waals surface area contributed by atoms with E-state index in [4.69, 9.17) is 0 Å². The first-order valence-electron chi connectivity index (χ1n) is 4.50. The van der Waals surface area contributed by atoms with Crippen LogP contribution in [0.15, 0.2) is 0 Å². The number of halogens is 1. The van der Waals surface area contributed by atoms with Gasteiger partial charge in [-0.15, -0.1) is 0 Å². The van der Waals surface area contributed by atoms with Crippen LogP contribution in [0.3, 0.4) is 0 Å². The quantitative estimate of drug-likeness (QED) is 0.584. The van der Waals surface area contributed by atoms with Crippen molar-refractivity contribution in [1.29, 1.82) is 0 Å². The van der Waals surface area contributed by atoms with Crippen molar-refractivity contribution in [2.45, 2.75) is 59.5 Å². The number of alkyl halides is 1. The number of rotatable bonds is 4. The molecule has 0 rings (SSSR count). The van der Waals surface area contributed by atoms with Crippen LogP contribution in [0.25, 0.3) is 0 Å². The third-order valence-electron chi connectivity index (χ3n) is 2.76. The normalized spacial score (nSPS) is 13.6. The molecule has 1 heteroatoms. The molecule has 0 aliphatic carbocycles. The molecule has 11 heavy (non-hydrogen) atoms. The molecule has 0 aromatic rings. The Hall–Kier alpha value is -0.0700. The van der Waals surface area contributed by atoms with Gasteiger partial charge in [-0.3, -0.25) is 0 Å². The zero-order valence-corrected chi connectivity index (χ0v) is 8.50. The van der Waals surface area contributed by atoms with Gasteiger partial charge in [0.25, 0.3) is 0 Å². The maximum Gasteiger partial charge on any atom is 0.110 e. The smallest absolute Gasteiger partial charge is 0.110 e. The highest BCUT2D eigenvalue weighted by atomic mass is 19.1. The zero-order valence-electron chi connectivity index (χ0n) is 8.50. The molecule has 68 valence electrons. The minimum absolute atomic E-state index is 0.178. The first-order valence-corrected chi connectivity index (χ1v) is 4.50. The molecule has 0 aliphatic heterocycles. The predicted octanol–water partition coefficient (Wildman–Crippen LogP) is 3.95. The summed E-state index contributed by atoms with van der Waals surface area (Å²) in [6.07, 6.45) is 3.26. The largest absolute Gasteiger partial charge is 0.244 e. The fourth-order valence-corrected chi connectivity index (χ4v) is 0.916. The van der Waals surface area contributed by atoms with E-state index >= 15 is 0 Å². The van der Waals surface area contributed by atoms with Crippen molar-refractivity contribution in [3.05, 3.63) is 0 Å². The third-order valence-corrected chi connectivity index (χ3v) is 2.76. The van der Waals surface area contributed by atoms with Crippen LogP contribution in [0.1, 0.15) is 53.9 Å². The molecule has 0 nitrogen and oxygen atoms in total. The molecule has 0 unspecified atom stereocenters. The highest BCUT2D eigenvalue weighted by Gasteiger charge is 2.35. The van der Waals surface area contributed by atoms with Crippen molar-refractivity contribution < 1.29 is 4.39 Å². The summed E-state index contributed by atoms with van der Waals surface area (Å²) in [5, 5.41) is 0. The monoisotopic (exact) mass is 160 g/mol. The zero-order chi connectivity index (χ0) is 9.12. The summed E-state index contributed by atoms with van der Waals surface area (Å²) in [4.78, 5) is 0. The van der Waals surface area contributed by atoms with E-state index in [1.54, 1.807) is 13.8 Å². The van der Waals surface area contributed by atoms with E-state index in [-0.39, 0.29) is 5.41 Å². The van der Waals surface area contributed by atoms with Crippen molar-refractivity contribution in [3.8, 4) is 0 Å². The Labute approximate surface area is 70.2 Å². The minimum atomic E-state index is -1.05. The molecule has 0 aromatic carbocycles. The van der Waals surface area contributed by atoms with Gasteiger partial charge < -0.3 is 0 Å². The van der Waals surface area contributed by atoms with Crippen LogP contribution >= 0.6 is 0 Å². The van der Waals surface area contributed by atoms with E-state index in [0.29, 0.717) is 0 Å². The fraction of sp³-hybridized carbons (Fsp3) is 1.00. The average Bonchev–Trinajstić information content (AvgIpc) is 1.81. The van der Waals surface area contributed by atoms with E-state index < -0.39 is 5.67 Å². The second-order valence-corrected chi connectivity index (χ2v) is 4.46. The van der Waals surface area contributed by atoms with Crippen LogP contribution in [-0.4, -0.2) is 5.67 Å². The number of unbranched alkanes of at least 4 members (excludes halogenated alkanes) is 1. The van der Waals surface area contributed by atoms with Gasteiger partial charge in [0.2, 0.25) is 0 Å². The summed E-state index contributed by atoms with van der Waals surface area (Å²) in [5.74, 6) is 0. The second kappa shape index (κ2) is 3.55. The first-order chi connectivity index (χ1) is 4.81. The van der Waals surface area contributed by atoms with Crippen molar-refractivity contribution in [1.82, 2.24) is 0 Å². The van der Waals surface area contributed by atoms with Crippen LogP contribution < -0.4 is 0 Å². The van der Waals surface area contributed by atoms with Gasteiger partial charge in [0.1, 0.15) is 5.67 Å². The van der Waals surface area contributed by atoms with E-state index in [0.717, 1.165) is 19.3 Å². The van der Waals surface area contributed by atoms with E-state index in [2.05, 4.69) is 6.92 Å². The molecule has 0 heterocycles. The van der Waals surface area contributed by atoms with Gasteiger partial charge in [-0.1, -0.05) is 33.6 Å². The third kappa shape index (κ3) is 3.22. The lowest BCUT2D eigenvalue weighted by Crippen LogP contribution is -2.34. The van der Waals surface area contributed by atoms with Crippen LogP contribution in [0.4, 0.5) is 4.39 Å². The van der Waals surface area contributed by atoms with Gasteiger partial charge in [0.15, 0.2) is 0 Å². The summed E-state index contributed by atoms with van der Waals surface area (Å²) in [7, 11) is 0. The van der Waals surface area contributed by atoms with Crippen LogP contribution in [-0.2, 0) is 0 Å². The fourth-order valence-electron chi connectivity index (χ4n) is 0.916. The van der Waals surface area contributed by atoms with Crippen LogP contribution in [0, 0.1) is 5.41 Å². The number of hydrogen-bond acceptors (Lipinski definition) is 0. The molecule has 0 aliphatic rings. The molecule has 0 atom stereocenters. The van der Waals surface area contributed by atoms with Crippen molar-refractivity contribution in [2.24, 2.45) is 5.41 Å². The molecule has 0 amide bonds. The Kier molecular flexibility index (Phi) is 3.53. The molecule has 0 aromatic heterocycles. The molecule has 0 spiro atoms. The van der Waals surface area contributed by atoms with Crippen molar-refractivity contribution >= 4 is 0 Å². The molecule has 0 bridgehead atoms. The summed E-state index contributed by atoms with van der Waals surface area (Å²) < 4.78 is 13.5. The maximum absolute atomic E-state index is 13.5. The van der Waals surface area contributed by atoms with Gasteiger partial charge in [-0.25, -0.2) is 4.39 Å². The summed E-state index contributed by atoms with van der Waals surface area (Å²) in [6.45, 7) is 9.48. The van der Waals surface area contributed by atoms with Gasteiger partial charge >= 0.3 is 0 Å². The lowest BCUT2D eigenvalue weighted by Gasteiger charge is -2.35.